The first-order chi connectivity index (χ1) is 16.8. The Hall–Kier alpha value is -4.51. The number of nitrogens with one attached hydrogen (secondary N) is 1. The third-order valence-electron chi connectivity index (χ3n) is 5.96. The smallest absolute Gasteiger partial charge is 0.417 e. The van der Waals surface area contributed by atoms with Crippen LogP contribution in [-0.4, -0.2) is 7.05 Å². The van der Waals surface area contributed by atoms with Crippen molar-refractivity contribution in [3.63, 3.8) is 0 Å². The molecule has 0 saturated heterocycles. The van der Waals surface area contributed by atoms with E-state index in [1.165, 1.54) is 12.1 Å². The first-order valence-electron chi connectivity index (χ1n) is 10.7. The maximum Gasteiger partial charge on any atom is 0.417 e. The summed E-state index contributed by atoms with van der Waals surface area (Å²) in [5.74, 6) is -0.372. The van der Waals surface area contributed by atoms with E-state index in [1.807, 2.05) is 0 Å². The summed E-state index contributed by atoms with van der Waals surface area (Å²) in [6, 6.07) is 20.6. The van der Waals surface area contributed by atoms with Gasteiger partial charge in [-0.1, -0.05) is 54.6 Å². The molecular formula is C27H17F3N2O3. The SMILES string of the molecule is CNC1=C(C#N)C(c2ccc(-c3ccccc3C(F)(F)F)cc2)c2c(c3ccccc3oc2=O)O1. The molecule has 0 bridgehead atoms. The molecular weight excluding hydrogens is 457 g/mol. The topological polar surface area (TPSA) is 75.3 Å². The van der Waals surface area contributed by atoms with Gasteiger partial charge >= 0.3 is 11.8 Å². The van der Waals surface area contributed by atoms with Crippen LogP contribution in [0.4, 0.5) is 13.2 Å². The van der Waals surface area contributed by atoms with Gasteiger partial charge in [0.05, 0.1) is 22.4 Å². The van der Waals surface area contributed by atoms with Gasteiger partial charge in [0.15, 0.2) is 5.75 Å². The summed E-state index contributed by atoms with van der Waals surface area (Å²) >= 11 is 0. The molecule has 1 unspecified atom stereocenters. The zero-order chi connectivity index (χ0) is 24.7. The standard InChI is InChI=1S/C27H17F3N2O3/c1-32-25-19(14-31)22(23-24(35-25)18-7-3-5-9-21(18)34-26(23)33)16-12-10-15(11-13-16)17-6-2-4-8-20(17)27(28,29)30/h2-13,22,32H,1H3. The second kappa shape index (κ2) is 8.37. The zero-order valence-corrected chi connectivity index (χ0v) is 18.3. The van der Waals surface area contributed by atoms with E-state index in [-0.39, 0.29) is 28.3 Å². The number of nitrogens with zero attached hydrogens (tertiary/aromatic N) is 1. The third kappa shape index (κ3) is 3.71. The van der Waals surface area contributed by atoms with Crippen LogP contribution in [0.15, 0.2) is 93.5 Å². The van der Waals surface area contributed by atoms with Gasteiger partial charge in [-0.2, -0.15) is 18.4 Å². The minimum absolute atomic E-state index is 0.0383. The normalized spacial score (nSPS) is 15.3. The van der Waals surface area contributed by atoms with Crippen molar-refractivity contribution in [3.05, 3.63) is 111 Å². The fourth-order valence-electron chi connectivity index (χ4n) is 4.40. The summed E-state index contributed by atoms with van der Waals surface area (Å²) in [7, 11) is 1.60. The van der Waals surface area contributed by atoms with Crippen LogP contribution >= 0.6 is 0 Å². The molecule has 5 nitrogen and oxygen atoms in total. The van der Waals surface area contributed by atoms with Crippen LogP contribution in [0.1, 0.15) is 22.6 Å². The molecule has 174 valence electrons. The predicted molar refractivity (Wildman–Crippen MR) is 124 cm³/mol. The number of allylic oxidation sites excluding steroid dienone is 1. The van der Waals surface area contributed by atoms with Crippen LogP contribution in [-0.2, 0) is 6.18 Å². The summed E-state index contributed by atoms with van der Waals surface area (Å²) in [6.07, 6.45) is -4.51. The molecule has 0 radical (unpaired) electrons. The second-order valence-corrected chi connectivity index (χ2v) is 7.93. The van der Waals surface area contributed by atoms with Crippen LogP contribution in [0.3, 0.4) is 0 Å². The van der Waals surface area contributed by atoms with Crippen LogP contribution < -0.4 is 15.7 Å². The average molecular weight is 474 g/mol. The number of rotatable bonds is 3. The number of para-hydroxylation sites is 1. The van der Waals surface area contributed by atoms with Gasteiger partial charge in [0, 0.05) is 7.05 Å². The van der Waals surface area contributed by atoms with E-state index in [1.54, 1.807) is 61.6 Å². The first-order valence-corrected chi connectivity index (χ1v) is 10.7. The van der Waals surface area contributed by atoms with Gasteiger partial charge in [0.2, 0.25) is 5.88 Å². The highest BCUT2D eigenvalue weighted by atomic mass is 19.4. The molecule has 1 atom stereocenters. The molecule has 2 heterocycles. The lowest BCUT2D eigenvalue weighted by Gasteiger charge is -2.27. The van der Waals surface area contributed by atoms with Gasteiger partial charge in [-0.3, -0.25) is 0 Å². The van der Waals surface area contributed by atoms with Crippen molar-refractivity contribution in [1.82, 2.24) is 5.32 Å². The number of halogens is 3. The monoisotopic (exact) mass is 474 g/mol. The lowest BCUT2D eigenvalue weighted by atomic mass is 9.83. The average Bonchev–Trinajstić information content (AvgIpc) is 2.87. The maximum atomic E-state index is 13.5. The first kappa shape index (κ1) is 22.3. The van der Waals surface area contributed by atoms with Crippen molar-refractivity contribution in [2.24, 2.45) is 0 Å². The summed E-state index contributed by atoms with van der Waals surface area (Å²) in [5.41, 5.74) is 0.185. The minimum atomic E-state index is -4.51. The number of ether oxygens (including phenoxy) is 1. The van der Waals surface area contributed by atoms with E-state index >= 15 is 0 Å². The Labute approximate surface area is 197 Å². The molecule has 0 amide bonds. The van der Waals surface area contributed by atoms with Gasteiger partial charge in [-0.05, 0) is 34.9 Å². The van der Waals surface area contributed by atoms with Crippen molar-refractivity contribution in [1.29, 1.82) is 5.26 Å². The number of hydrogen-bond donors (Lipinski definition) is 1. The molecule has 0 spiro atoms. The van der Waals surface area contributed by atoms with Crippen molar-refractivity contribution in [2.75, 3.05) is 7.05 Å². The molecule has 1 aliphatic rings. The number of hydrogen-bond acceptors (Lipinski definition) is 5. The van der Waals surface area contributed by atoms with Gasteiger partial charge in [0.1, 0.15) is 17.2 Å². The number of benzene rings is 3. The van der Waals surface area contributed by atoms with E-state index in [2.05, 4.69) is 11.4 Å². The third-order valence-corrected chi connectivity index (χ3v) is 5.96. The molecule has 1 aromatic heterocycles. The quantitative estimate of drug-likeness (QED) is 0.371. The highest BCUT2D eigenvalue weighted by molar-refractivity contribution is 5.86. The summed E-state index contributed by atoms with van der Waals surface area (Å²) in [5, 5.41) is 13.4. The van der Waals surface area contributed by atoms with E-state index < -0.39 is 23.3 Å². The van der Waals surface area contributed by atoms with Crippen LogP contribution in [0.5, 0.6) is 5.75 Å². The van der Waals surface area contributed by atoms with Crippen molar-refractivity contribution >= 4 is 11.0 Å². The Morgan fingerprint density at radius 1 is 0.971 bits per heavy atom. The van der Waals surface area contributed by atoms with Crippen molar-refractivity contribution in [2.45, 2.75) is 12.1 Å². The van der Waals surface area contributed by atoms with E-state index in [0.29, 0.717) is 22.1 Å². The number of nitriles is 1. The van der Waals surface area contributed by atoms with Gasteiger partial charge in [-0.15, -0.1) is 0 Å². The van der Waals surface area contributed by atoms with Crippen LogP contribution in [0.25, 0.3) is 22.1 Å². The summed E-state index contributed by atoms with van der Waals surface area (Å²) < 4.78 is 52.0. The van der Waals surface area contributed by atoms with Crippen molar-refractivity contribution in [3.8, 4) is 22.9 Å². The predicted octanol–water partition coefficient (Wildman–Crippen LogP) is 5.96. The molecule has 3 aromatic carbocycles. The Balaban J connectivity index is 1.69. The van der Waals surface area contributed by atoms with E-state index in [4.69, 9.17) is 9.15 Å². The summed E-state index contributed by atoms with van der Waals surface area (Å²) in [6.45, 7) is 0. The second-order valence-electron chi connectivity index (χ2n) is 7.93. The highest BCUT2D eigenvalue weighted by Crippen LogP contribution is 2.44. The number of fused-ring (bicyclic) bond motifs is 3. The Morgan fingerprint density at radius 3 is 2.34 bits per heavy atom. The minimum Gasteiger partial charge on any atom is -0.439 e. The molecule has 0 aliphatic carbocycles. The van der Waals surface area contributed by atoms with E-state index in [0.717, 1.165) is 6.07 Å². The Kier molecular flexibility index (Phi) is 5.33. The molecule has 35 heavy (non-hydrogen) atoms. The summed E-state index contributed by atoms with van der Waals surface area (Å²) in [4.78, 5) is 13.0. The lowest BCUT2D eigenvalue weighted by Crippen LogP contribution is -2.28. The van der Waals surface area contributed by atoms with Gasteiger partial charge in [0.25, 0.3) is 0 Å². The van der Waals surface area contributed by atoms with Gasteiger partial charge < -0.3 is 14.5 Å². The maximum absolute atomic E-state index is 13.5. The van der Waals surface area contributed by atoms with E-state index in [9.17, 15) is 23.2 Å². The zero-order valence-electron chi connectivity index (χ0n) is 18.3. The van der Waals surface area contributed by atoms with Crippen LogP contribution in [0, 0.1) is 11.3 Å². The highest BCUT2D eigenvalue weighted by Gasteiger charge is 2.36. The Bertz CT molecular complexity index is 1580. The van der Waals surface area contributed by atoms with Crippen molar-refractivity contribution < 1.29 is 22.3 Å². The number of alkyl halides is 3. The molecule has 1 aliphatic heterocycles. The molecule has 1 N–H and O–H groups in total. The Morgan fingerprint density at radius 2 is 1.66 bits per heavy atom. The molecule has 5 rings (SSSR count). The molecule has 8 heteroatoms. The fourth-order valence-corrected chi connectivity index (χ4v) is 4.40. The van der Waals surface area contributed by atoms with Crippen LogP contribution in [0.2, 0.25) is 0 Å². The molecule has 4 aromatic rings. The lowest BCUT2D eigenvalue weighted by molar-refractivity contribution is -0.137. The molecule has 0 saturated carbocycles. The fraction of sp³-hybridized carbons (Fsp3) is 0.111. The largest absolute Gasteiger partial charge is 0.439 e. The molecule has 0 fully saturated rings. The van der Waals surface area contributed by atoms with Gasteiger partial charge in [-0.25, -0.2) is 4.79 Å².